The highest BCUT2D eigenvalue weighted by Crippen LogP contribution is 2.21. The molecule has 1 aromatic heterocycles. The Labute approximate surface area is 144 Å². The van der Waals surface area contributed by atoms with Gasteiger partial charge in [0.15, 0.2) is 0 Å². The minimum Gasteiger partial charge on any atom is -0.409 e. The second kappa shape index (κ2) is 6.69. The van der Waals surface area contributed by atoms with Crippen LogP contribution >= 0.6 is 23.8 Å². The molecule has 1 heterocycles. The first kappa shape index (κ1) is 16.0. The highest BCUT2D eigenvalue weighted by Gasteiger charge is 2.09. The fourth-order valence-corrected chi connectivity index (χ4v) is 3.03. The van der Waals surface area contributed by atoms with E-state index >= 15 is 0 Å². The summed E-state index contributed by atoms with van der Waals surface area (Å²) in [6.45, 7) is 2.17. The molecule has 3 aromatic rings. The van der Waals surface area contributed by atoms with Gasteiger partial charge in [-0.25, -0.2) is 9.36 Å². The third-order valence-corrected chi connectivity index (χ3v) is 4.41. The maximum Gasteiger partial charge on any atom is 0.425 e. The summed E-state index contributed by atoms with van der Waals surface area (Å²) in [4.78, 5) is 12.3. The van der Waals surface area contributed by atoms with Crippen LogP contribution in [0, 0.1) is 4.64 Å². The maximum atomic E-state index is 12.3. The van der Waals surface area contributed by atoms with Gasteiger partial charge in [0.2, 0.25) is 0 Å². The van der Waals surface area contributed by atoms with Gasteiger partial charge in [0.25, 0.3) is 0 Å². The lowest BCUT2D eigenvalue weighted by Crippen LogP contribution is -2.18. The highest BCUT2D eigenvalue weighted by molar-refractivity contribution is 7.71. The van der Waals surface area contributed by atoms with Crippen LogP contribution in [-0.4, -0.2) is 4.57 Å². The lowest BCUT2D eigenvalue weighted by atomic mass is 10.1. The zero-order chi connectivity index (χ0) is 16.4. The fraction of sp³-hybridized carbons (Fsp3) is 0.222. The van der Waals surface area contributed by atoms with Gasteiger partial charge in [-0.3, -0.25) is 0 Å². The van der Waals surface area contributed by atoms with Crippen molar-refractivity contribution >= 4 is 34.8 Å². The minimum absolute atomic E-state index is 0.406. The summed E-state index contributed by atoms with van der Waals surface area (Å²) in [5.74, 6) is -0.508. The molecule has 2 aromatic carbocycles. The van der Waals surface area contributed by atoms with E-state index in [0.717, 1.165) is 19.3 Å². The molecule has 0 N–H and O–H groups in total. The Morgan fingerprint density at radius 1 is 1.17 bits per heavy atom. The molecule has 0 aliphatic rings. The van der Waals surface area contributed by atoms with Gasteiger partial charge in [-0.2, -0.15) is 0 Å². The zero-order valence-electron chi connectivity index (χ0n) is 12.7. The van der Waals surface area contributed by atoms with E-state index in [2.05, 4.69) is 6.92 Å². The Morgan fingerprint density at radius 3 is 2.61 bits per heavy atom. The average molecular weight is 346 g/mol. The number of rotatable bonds is 4. The van der Waals surface area contributed by atoms with Crippen LogP contribution in [0.5, 0.6) is 0 Å². The summed E-state index contributed by atoms with van der Waals surface area (Å²) >= 11 is 11.4. The van der Waals surface area contributed by atoms with Crippen molar-refractivity contribution in [1.29, 1.82) is 0 Å². The molecule has 0 unspecified atom stereocenters. The van der Waals surface area contributed by atoms with Gasteiger partial charge in [-0.1, -0.05) is 49.3 Å². The molecule has 0 atom stereocenters. The van der Waals surface area contributed by atoms with Crippen molar-refractivity contribution in [2.75, 3.05) is 0 Å². The highest BCUT2D eigenvalue weighted by atomic mass is 35.5. The number of hydrogen-bond donors (Lipinski definition) is 0. The Morgan fingerprint density at radius 2 is 1.91 bits per heavy atom. The van der Waals surface area contributed by atoms with E-state index in [1.54, 1.807) is 18.2 Å². The van der Waals surface area contributed by atoms with E-state index < -0.39 is 5.76 Å². The van der Waals surface area contributed by atoms with E-state index in [4.69, 9.17) is 28.2 Å². The summed E-state index contributed by atoms with van der Waals surface area (Å²) in [5, 5.41) is 1.20. The second-order valence-corrected chi connectivity index (χ2v) is 6.24. The Bertz CT molecular complexity index is 957. The number of nitrogens with zero attached hydrogens (tertiary/aromatic N) is 1. The van der Waals surface area contributed by atoms with Crippen LogP contribution in [0.2, 0.25) is 5.02 Å². The molecule has 0 bridgehead atoms. The van der Waals surface area contributed by atoms with Gasteiger partial charge < -0.3 is 4.42 Å². The molecule has 3 rings (SSSR count). The summed E-state index contributed by atoms with van der Waals surface area (Å²) in [5.41, 5.74) is 2.36. The van der Waals surface area contributed by atoms with Gasteiger partial charge in [-0.05, 0) is 42.7 Å². The van der Waals surface area contributed by atoms with Crippen LogP contribution in [0.25, 0.3) is 16.7 Å². The van der Waals surface area contributed by atoms with Gasteiger partial charge in [-0.15, -0.1) is 0 Å². The molecule has 0 aliphatic carbocycles. The molecule has 118 valence electrons. The maximum absolute atomic E-state index is 12.3. The first-order valence-corrected chi connectivity index (χ1v) is 8.33. The fourth-order valence-electron chi connectivity index (χ4n) is 2.52. The van der Waals surface area contributed by atoms with Crippen molar-refractivity contribution in [1.82, 2.24) is 4.57 Å². The van der Waals surface area contributed by atoms with Gasteiger partial charge in [0, 0.05) is 11.1 Å². The smallest absolute Gasteiger partial charge is 0.409 e. The van der Waals surface area contributed by atoms with Crippen LogP contribution in [0.15, 0.2) is 51.7 Å². The molecule has 0 spiro atoms. The van der Waals surface area contributed by atoms with Crippen molar-refractivity contribution in [2.45, 2.75) is 26.2 Å². The number of halogens is 1. The first-order valence-electron chi connectivity index (χ1n) is 7.55. The van der Waals surface area contributed by atoms with Crippen molar-refractivity contribution in [3.63, 3.8) is 0 Å². The standard InChI is InChI=1S/C18H16ClNO2S/c1-2-3-4-12-5-8-14(9-6-12)20-17(23)15-10-7-13(19)11-16(15)22-18(20)21/h5-11H,2-4H2,1H3. The molecule has 0 amide bonds. The molecule has 3 nitrogen and oxygen atoms in total. The second-order valence-electron chi connectivity index (χ2n) is 5.42. The summed E-state index contributed by atoms with van der Waals surface area (Å²) < 4.78 is 7.20. The lowest BCUT2D eigenvalue weighted by Gasteiger charge is -2.08. The van der Waals surface area contributed by atoms with E-state index in [9.17, 15) is 4.79 Å². The number of fused-ring (bicyclic) bond motifs is 1. The SMILES string of the molecule is CCCCc1ccc(-n2c(=O)oc3cc(Cl)ccc3c2=S)cc1. The summed E-state index contributed by atoms with van der Waals surface area (Å²) in [7, 11) is 0. The van der Waals surface area contributed by atoms with Crippen molar-refractivity contribution in [2.24, 2.45) is 0 Å². The molecule has 5 heteroatoms. The van der Waals surface area contributed by atoms with Crippen molar-refractivity contribution in [3.8, 4) is 5.69 Å². The van der Waals surface area contributed by atoms with Crippen LogP contribution in [0.1, 0.15) is 25.3 Å². The monoisotopic (exact) mass is 345 g/mol. The van der Waals surface area contributed by atoms with Crippen LogP contribution in [0.3, 0.4) is 0 Å². The van der Waals surface area contributed by atoms with Gasteiger partial charge in [0.05, 0.1) is 11.1 Å². The van der Waals surface area contributed by atoms with Crippen LogP contribution in [0.4, 0.5) is 0 Å². The number of benzene rings is 2. The van der Waals surface area contributed by atoms with Crippen molar-refractivity contribution < 1.29 is 4.42 Å². The predicted octanol–water partition coefficient (Wildman–Crippen LogP) is 5.31. The van der Waals surface area contributed by atoms with Crippen LogP contribution in [-0.2, 0) is 6.42 Å². The molecule has 0 saturated carbocycles. The lowest BCUT2D eigenvalue weighted by molar-refractivity contribution is 0.507. The van der Waals surface area contributed by atoms with Crippen LogP contribution < -0.4 is 5.76 Å². The minimum atomic E-state index is -0.508. The number of aryl methyl sites for hydroxylation is 1. The number of aromatic nitrogens is 1. The van der Waals surface area contributed by atoms with Gasteiger partial charge in [0.1, 0.15) is 10.2 Å². The Balaban J connectivity index is 2.11. The van der Waals surface area contributed by atoms with E-state index in [-0.39, 0.29) is 0 Å². The molecule has 0 saturated heterocycles. The third-order valence-electron chi connectivity index (χ3n) is 3.77. The molecule has 0 radical (unpaired) electrons. The number of unbranched alkanes of at least 4 members (excludes halogenated alkanes) is 1. The zero-order valence-corrected chi connectivity index (χ0v) is 14.3. The van der Waals surface area contributed by atoms with Gasteiger partial charge >= 0.3 is 5.76 Å². The molecule has 23 heavy (non-hydrogen) atoms. The molecular weight excluding hydrogens is 330 g/mol. The Kier molecular flexibility index (Phi) is 4.64. The third kappa shape index (κ3) is 3.23. The van der Waals surface area contributed by atoms with E-state index in [1.807, 2.05) is 24.3 Å². The average Bonchev–Trinajstić information content (AvgIpc) is 2.53. The Hall–Kier alpha value is -1.91. The first-order chi connectivity index (χ1) is 11.1. The predicted molar refractivity (Wildman–Crippen MR) is 96.3 cm³/mol. The topological polar surface area (TPSA) is 35.1 Å². The summed E-state index contributed by atoms with van der Waals surface area (Å²) in [6, 6.07) is 13.0. The molecule has 0 aliphatic heterocycles. The molecular formula is C18H16ClNO2S. The van der Waals surface area contributed by atoms with Crippen molar-refractivity contribution in [3.05, 3.63) is 68.2 Å². The summed E-state index contributed by atoms with van der Waals surface area (Å²) in [6.07, 6.45) is 3.34. The normalized spacial score (nSPS) is 11.0. The largest absolute Gasteiger partial charge is 0.425 e. The quantitative estimate of drug-likeness (QED) is 0.601. The molecule has 0 fully saturated rings. The van der Waals surface area contributed by atoms with E-state index in [0.29, 0.717) is 26.3 Å². The van der Waals surface area contributed by atoms with E-state index in [1.165, 1.54) is 10.1 Å². The number of hydrogen-bond acceptors (Lipinski definition) is 3.